The zero-order valence-electron chi connectivity index (χ0n) is 14.0. The van der Waals surface area contributed by atoms with Crippen LogP contribution in [0.3, 0.4) is 0 Å². The summed E-state index contributed by atoms with van der Waals surface area (Å²) in [5.74, 6) is -0.0919. The van der Waals surface area contributed by atoms with E-state index in [2.05, 4.69) is 0 Å². The zero-order valence-corrected chi connectivity index (χ0v) is 14.0. The Bertz CT molecular complexity index is 772. The lowest BCUT2D eigenvalue weighted by molar-refractivity contribution is -0.136. The minimum absolute atomic E-state index is 0.0656. The standard InChI is InChI=1S/C19H18O6/c1-11(20)24-14-5-3-13(4-6-14)17-10-23-18-9-15(25-12(2)21)7-8-16(18)19(17)22/h3-7,9,16-17H,8,10H2,1-2H3. The molecule has 1 aromatic rings. The monoisotopic (exact) mass is 342 g/mol. The van der Waals surface area contributed by atoms with Gasteiger partial charge in [-0.15, -0.1) is 0 Å². The van der Waals surface area contributed by atoms with Gasteiger partial charge in [-0.05, 0) is 30.2 Å². The van der Waals surface area contributed by atoms with Crippen LogP contribution in [0.5, 0.6) is 5.75 Å². The van der Waals surface area contributed by atoms with Crippen molar-refractivity contribution in [3.8, 4) is 5.75 Å². The van der Waals surface area contributed by atoms with Gasteiger partial charge in [-0.3, -0.25) is 14.4 Å². The fourth-order valence-electron chi connectivity index (χ4n) is 2.98. The predicted octanol–water partition coefficient (Wildman–Crippen LogP) is 2.65. The second kappa shape index (κ2) is 6.93. The van der Waals surface area contributed by atoms with E-state index < -0.39 is 11.9 Å². The third-order valence-corrected chi connectivity index (χ3v) is 4.09. The number of esters is 2. The Morgan fingerprint density at radius 1 is 1.04 bits per heavy atom. The van der Waals surface area contributed by atoms with Crippen molar-refractivity contribution in [1.82, 2.24) is 0 Å². The SMILES string of the molecule is CC(=O)OC1=CCC2C(=O)C(c3ccc(OC(C)=O)cc3)COC2=C1. The average Bonchev–Trinajstić information content (AvgIpc) is 2.55. The third-order valence-electron chi connectivity index (χ3n) is 4.09. The molecule has 0 saturated carbocycles. The van der Waals surface area contributed by atoms with Crippen LogP contribution in [0.15, 0.2) is 47.9 Å². The van der Waals surface area contributed by atoms with Crippen LogP contribution in [0, 0.1) is 5.92 Å². The normalized spacial score (nSPS) is 22.1. The predicted molar refractivity (Wildman–Crippen MR) is 87.5 cm³/mol. The Labute approximate surface area is 145 Å². The highest BCUT2D eigenvalue weighted by atomic mass is 16.5. The molecule has 0 N–H and O–H groups in total. The maximum atomic E-state index is 12.8. The van der Waals surface area contributed by atoms with Crippen LogP contribution < -0.4 is 4.74 Å². The largest absolute Gasteiger partial charge is 0.496 e. The van der Waals surface area contributed by atoms with E-state index in [-0.39, 0.29) is 24.2 Å². The minimum atomic E-state index is -0.408. The first kappa shape index (κ1) is 17.0. The topological polar surface area (TPSA) is 78.9 Å². The summed E-state index contributed by atoms with van der Waals surface area (Å²) in [4.78, 5) is 34.8. The summed E-state index contributed by atoms with van der Waals surface area (Å²) in [6.45, 7) is 2.89. The minimum Gasteiger partial charge on any atom is -0.496 e. The highest BCUT2D eigenvalue weighted by Crippen LogP contribution is 2.37. The molecule has 0 spiro atoms. The van der Waals surface area contributed by atoms with Gasteiger partial charge in [-0.1, -0.05) is 12.1 Å². The molecule has 1 aromatic carbocycles. The molecular formula is C19H18O6. The number of Topliss-reactive ketones (excluding diaryl/α,β-unsaturated/α-hetero) is 1. The molecule has 3 rings (SSSR count). The lowest BCUT2D eigenvalue weighted by Gasteiger charge is -2.32. The molecule has 2 aliphatic rings. The molecule has 0 aromatic heterocycles. The van der Waals surface area contributed by atoms with Gasteiger partial charge in [0.05, 0.1) is 11.8 Å². The number of hydrogen-bond donors (Lipinski definition) is 0. The number of rotatable bonds is 3. The van der Waals surface area contributed by atoms with Crippen LogP contribution in [0.4, 0.5) is 0 Å². The van der Waals surface area contributed by atoms with Crippen molar-refractivity contribution in [2.45, 2.75) is 26.2 Å². The summed E-state index contributed by atoms with van der Waals surface area (Å²) in [7, 11) is 0. The van der Waals surface area contributed by atoms with Gasteiger partial charge in [-0.2, -0.15) is 0 Å². The van der Waals surface area contributed by atoms with Crippen molar-refractivity contribution in [3.63, 3.8) is 0 Å². The van der Waals surface area contributed by atoms with Gasteiger partial charge in [0.1, 0.15) is 23.9 Å². The second-order valence-electron chi connectivity index (χ2n) is 5.96. The number of fused-ring (bicyclic) bond motifs is 1. The van der Waals surface area contributed by atoms with Crippen molar-refractivity contribution in [3.05, 3.63) is 53.5 Å². The Balaban J connectivity index is 1.73. The van der Waals surface area contributed by atoms with E-state index in [1.165, 1.54) is 13.8 Å². The summed E-state index contributed by atoms with van der Waals surface area (Å²) in [5, 5.41) is 0. The molecule has 2 unspecified atom stereocenters. The quantitative estimate of drug-likeness (QED) is 0.621. The molecule has 0 bridgehead atoms. The summed E-state index contributed by atoms with van der Waals surface area (Å²) in [6, 6.07) is 6.85. The van der Waals surface area contributed by atoms with Gasteiger partial charge >= 0.3 is 11.9 Å². The summed E-state index contributed by atoms with van der Waals surface area (Å²) in [5.41, 5.74) is 0.815. The Morgan fingerprint density at radius 2 is 1.72 bits per heavy atom. The molecule has 1 fully saturated rings. The van der Waals surface area contributed by atoms with Crippen LogP contribution >= 0.6 is 0 Å². The summed E-state index contributed by atoms with van der Waals surface area (Å²) in [6.07, 6.45) is 3.77. The van der Waals surface area contributed by atoms with Crippen molar-refractivity contribution in [2.24, 2.45) is 5.92 Å². The van der Waals surface area contributed by atoms with E-state index >= 15 is 0 Å². The smallest absolute Gasteiger partial charge is 0.308 e. The summed E-state index contributed by atoms with van der Waals surface area (Å²) >= 11 is 0. The van der Waals surface area contributed by atoms with Crippen LogP contribution in [0.2, 0.25) is 0 Å². The van der Waals surface area contributed by atoms with Crippen molar-refractivity contribution in [2.75, 3.05) is 6.61 Å². The van der Waals surface area contributed by atoms with E-state index in [1.54, 1.807) is 36.4 Å². The molecule has 2 atom stereocenters. The van der Waals surface area contributed by atoms with Crippen LogP contribution in [0.25, 0.3) is 0 Å². The maximum absolute atomic E-state index is 12.8. The lowest BCUT2D eigenvalue weighted by atomic mass is 9.81. The molecular weight excluding hydrogens is 324 g/mol. The molecule has 0 radical (unpaired) electrons. The van der Waals surface area contributed by atoms with Gasteiger partial charge in [0.25, 0.3) is 0 Å². The molecule has 1 heterocycles. The number of benzene rings is 1. The van der Waals surface area contributed by atoms with Crippen molar-refractivity contribution in [1.29, 1.82) is 0 Å². The number of carbonyl (C=O) groups excluding carboxylic acids is 3. The van der Waals surface area contributed by atoms with E-state index in [1.807, 2.05) is 0 Å². The molecule has 6 heteroatoms. The van der Waals surface area contributed by atoms with E-state index in [4.69, 9.17) is 14.2 Å². The van der Waals surface area contributed by atoms with Crippen LogP contribution in [-0.2, 0) is 23.9 Å². The maximum Gasteiger partial charge on any atom is 0.308 e. The van der Waals surface area contributed by atoms with Gasteiger partial charge in [0, 0.05) is 19.9 Å². The van der Waals surface area contributed by atoms with Crippen molar-refractivity contribution >= 4 is 17.7 Å². The first-order valence-corrected chi connectivity index (χ1v) is 7.99. The highest BCUT2D eigenvalue weighted by Gasteiger charge is 2.38. The Hall–Kier alpha value is -2.89. The van der Waals surface area contributed by atoms with Gasteiger partial charge in [0.2, 0.25) is 0 Å². The first-order valence-electron chi connectivity index (χ1n) is 7.99. The molecule has 1 aliphatic heterocycles. The average molecular weight is 342 g/mol. The van der Waals surface area contributed by atoms with E-state index in [0.717, 1.165) is 5.56 Å². The number of allylic oxidation sites excluding steroid dienone is 3. The van der Waals surface area contributed by atoms with Gasteiger partial charge < -0.3 is 14.2 Å². The van der Waals surface area contributed by atoms with Crippen LogP contribution in [-0.4, -0.2) is 24.3 Å². The molecule has 1 saturated heterocycles. The number of ether oxygens (including phenoxy) is 3. The van der Waals surface area contributed by atoms with Crippen LogP contribution in [0.1, 0.15) is 31.7 Å². The van der Waals surface area contributed by atoms with Gasteiger partial charge in [-0.25, -0.2) is 0 Å². The Morgan fingerprint density at radius 3 is 2.36 bits per heavy atom. The lowest BCUT2D eigenvalue weighted by Crippen LogP contribution is -2.34. The molecule has 1 aliphatic carbocycles. The third kappa shape index (κ3) is 3.79. The molecule has 6 nitrogen and oxygen atoms in total. The van der Waals surface area contributed by atoms with E-state index in [0.29, 0.717) is 23.7 Å². The number of ketones is 1. The number of carbonyl (C=O) groups is 3. The fraction of sp³-hybridized carbons (Fsp3) is 0.316. The molecule has 130 valence electrons. The van der Waals surface area contributed by atoms with Crippen molar-refractivity contribution < 1.29 is 28.6 Å². The zero-order chi connectivity index (χ0) is 18.0. The van der Waals surface area contributed by atoms with Gasteiger partial charge in [0.15, 0.2) is 5.78 Å². The second-order valence-corrected chi connectivity index (χ2v) is 5.96. The summed E-state index contributed by atoms with van der Waals surface area (Å²) < 4.78 is 15.8. The molecule has 0 amide bonds. The highest BCUT2D eigenvalue weighted by molar-refractivity contribution is 5.91. The Kier molecular flexibility index (Phi) is 4.70. The first-order chi connectivity index (χ1) is 11.9. The number of hydrogen-bond acceptors (Lipinski definition) is 6. The van der Waals surface area contributed by atoms with E-state index in [9.17, 15) is 14.4 Å². The fourth-order valence-corrected chi connectivity index (χ4v) is 2.98. The molecule has 25 heavy (non-hydrogen) atoms.